The Kier molecular flexibility index (Phi) is 5.52. The molecule has 2 aromatic rings. The van der Waals surface area contributed by atoms with E-state index < -0.39 is 11.9 Å². The molecule has 1 fully saturated rings. The first-order valence-corrected chi connectivity index (χ1v) is 8.97. The molecule has 0 amide bonds. The van der Waals surface area contributed by atoms with Crippen LogP contribution in [-0.2, 0) is 6.18 Å². The van der Waals surface area contributed by atoms with Crippen molar-refractivity contribution >= 4 is 23.4 Å². The van der Waals surface area contributed by atoms with Crippen LogP contribution in [0.5, 0.6) is 0 Å². The average Bonchev–Trinajstić information content (AvgIpc) is 2.63. The fourth-order valence-corrected chi connectivity index (χ4v) is 3.74. The number of alkyl halides is 3. The van der Waals surface area contributed by atoms with Crippen LogP contribution >= 0.6 is 11.8 Å². The van der Waals surface area contributed by atoms with E-state index >= 15 is 0 Å². The summed E-state index contributed by atoms with van der Waals surface area (Å²) in [5, 5.41) is 0.222. The molecule has 0 radical (unpaired) electrons. The van der Waals surface area contributed by atoms with Crippen molar-refractivity contribution in [2.75, 3.05) is 30.3 Å². The number of anilines is 2. The monoisotopic (exact) mass is 384 g/mol. The highest BCUT2D eigenvalue weighted by Crippen LogP contribution is 2.39. The van der Waals surface area contributed by atoms with E-state index in [-0.39, 0.29) is 15.7 Å². The van der Waals surface area contributed by atoms with Crippen LogP contribution in [0.3, 0.4) is 0 Å². The smallest absolute Gasteiger partial charge is 0.381 e. The minimum Gasteiger partial charge on any atom is -0.381 e. The lowest BCUT2D eigenvalue weighted by Crippen LogP contribution is -2.39. The Balaban J connectivity index is 1.81. The lowest BCUT2D eigenvalue weighted by atomic mass is 9.98. The Labute approximate surface area is 153 Å². The van der Waals surface area contributed by atoms with Gasteiger partial charge in [0.25, 0.3) is 0 Å². The summed E-state index contributed by atoms with van der Waals surface area (Å²) in [6.45, 7) is 2.21. The second-order valence-electron chi connectivity index (χ2n) is 6.06. The number of hydrogen-bond donors (Lipinski definition) is 2. The van der Waals surface area contributed by atoms with Gasteiger partial charge in [-0.3, -0.25) is 4.98 Å². The molecule has 1 aliphatic heterocycles. The van der Waals surface area contributed by atoms with E-state index in [4.69, 9.17) is 11.5 Å². The summed E-state index contributed by atoms with van der Waals surface area (Å²) in [7, 11) is 0. The minimum atomic E-state index is -4.54. The van der Waals surface area contributed by atoms with Gasteiger partial charge in [0.15, 0.2) is 11.5 Å². The third-order valence-electron chi connectivity index (χ3n) is 4.17. The van der Waals surface area contributed by atoms with Crippen LogP contribution in [0, 0.1) is 5.92 Å². The van der Waals surface area contributed by atoms with Crippen LogP contribution in [0.2, 0.25) is 0 Å². The predicted octanol–water partition coefficient (Wildman–Crippen LogP) is 2.80. The molecule has 26 heavy (non-hydrogen) atoms. The van der Waals surface area contributed by atoms with Crippen LogP contribution < -0.4 is 16.4 Å². The van der Waals surface area contributed by atoms with E-state index in [2.05, 4.69) is 19.9 Å². The second-order valence-corrected chi connectivity index (χ2v) is 7.09. The van der Waals surface area contributed by atoms with Gasteiger partial charge in [-0.15, -0.1) is 0 Å². The second kappa shape index (κ2) is 7.67. The van der Waals surface area contributed by atoms with Gasteiger partial charge in [-0.05, 0) is 37.4 Å². The zero-order valence-corrected chi connectivity index (χ0v) is 14.7. The summed E-state index contributed by atoms with van der Waals surface area (Å²) >= 11 is 0.808. The van der Waals surface area contributed by atoms with Gasteiger partial charge in [0.2, 0.25) is 0 Å². The van der Waals surface area contributed by atoms with Crippen LogP contribution in [-0.4, -0.2) is 34.6 Å². The van der Waals surface area contributed by atoms with Crippen molar-refractivity contribution in [2.24, 2.45) is 11.7 Å². The highest BCUT2D eigenvalue weighted by molar-refractivity contribution is 7.99. The topological polar surface area (TPSA) is 94.0 Å². The zero-order valence-electron chi connectivity index (χ0n) is 13.9. The molecule has 0 spiro atoms. The first-order chi connectivity index (χ1) is 12.4. The SMILES string of the molecule is NCC1CCCN(c2cnc(Sc3cccnc3C(F)(F)F)c(N)n2)C1. The predicted molar refractivity (Wildman–Crippen MR) is 93.8 cm³/mol. The van der Waals surface area contributed by atoms with Crippen molar-refractivity contribution in [1.29, 1.82) is 0 Å². The Morgan fingerprint density at radius 2 is 2.12 bits per heavy atom. The molecule has 6 nitrogen and oxygen atoms in total. The van der Waals surface area contributed by atoms with Crippen molar-refractivity contribution in [2.45, 2.75) is 28.9 Å². The van der Waals surface area contributed by atoms with Gasteiger partial charge in [0.05, 0.1) is 6.20 Å². The van der Waals surface area contributed by atoms with Crippen LogP contribution in [0.4, 0.5) is 24.8 Å². The lowest BCUT2D eigenvalue weighted by Gasteiger charge is -2.32. The maximum atomic E-state index is 13.1. The average molecular weight is 384 g/mol. The van der Waals surface area contributed by atoms with Gasteiger partial charge in [0, 0.05) is 24.2 Å². The molecule has 1 unspecified atom stereocenters. The molecular weight excluding hydrogens is 365 g/mol. The summed E-state index contributed by atoms with van der Waals surface area (Å²) < 4.78 is 39.2. The number of nitrogen functional groups attached to an aromatic ring is 1. The molecule has 140 valence electrons. The number of hydrogen-bond acceptors (Lipinski definition) is 7. The summed E-state index contributed by atoms with van der Waals surface area (Å²) in [6, 6.07) is 2.78. The van der Waals surface area contributed by atoms with Gasteiger partial charge in [-0.25, -0.2) is 9.97 Å². The highest BCUT2D eigenvalue weighted by atomic mass is 32.2. The number of nitrogens with zero attached hydrogens (tertiary/aromatic N) is 4. The van der Waals surface area contributed by atoms with Gasteiger partial charge in [-0.1, -0.05) is 11.8 Å². The summed E-state index contributed by atoms with van der Waals surface area (Å²) in [6.07, 6.45) is 0.183. The number of piperidine rings is 1. The maximum Gasteiger partial charge on any atom is 0.434 e. The maximum absolute atomic E-state index is 13.1. The molecule has 1 atom stereocenters. The standard InChI is InChI=1S/C16H19F3N6S/c17-16(18,19)13-11(4-1-5-22-13)26-15-14(21)24-12(8-23-15)25-6-2-3-10(7-20)9-25/h1,4-5,8,10H,2-3,6-7,9,20H2,(H2,21,24). The highest BCUT2D eigenvalue weighted by Gasteiger charge is 2.35. The third-order valence-corrected chi connectivity index (χ3v) is 5.23. The Bertz CT molecular complexity index is 770. The fourth-order valence-electron chi connectivity index (χ4n) is 2.87. The molecule has 1 saturated heterocycles. The number of pyridine rings is 1. The first-order valence-electron chi connectivity index (χ1n) is 8.16. The Morgan fingerprint density at radius 3 is 2.81 bits per heavy atom. The summed E-state index contributed by atoms with van der Waals surface area (Å²) in [4.78, 5) is 14.0. The number of nitrogens with two attached hydrogens (primary N) is 2. The van der Waals surface area contributed by atoms with Gasteiger partial charge in [0.1, 0.15) is 10.8 Å². The van der Waals surface area contributed by atoms with Crippen molar-refractivity contribution in [3.8, 4) is 0 Å². The molecule has 3 heterocycles. The van der Waals surface area contributed by atoms with Crippen molar-refractivity contribution < 1.29 is 13.2 Å². The normalized spacial score (nSPS) is 18.2. The van der Waals surface area contributed by atoms with E-state index in [0.717, 1.165) is 43.9 Å². The van der Waals surface area contributed by atoms with Gasteiger partial charge in [-0.2, -0.15) is 13.2 Å². The molecular formula is C16H19F3N6S. The molecule has 1 aliphatic rings. The van der Waals surface area contributed by atoms with Gasteiger partial charge < -0.3 is 16.4 Å². The molecule has 0 aromatic carbocycles. The molecule has 10 heteroatoms. The zero-order chi connectivity index (χ0) is 18.7. The third kappa shape index (κ3) is 4.18. The first kappa shape index (κ1) is 18.7. The quantitative estimate of drug-likeness (QED) is 0.837. The molecule has 0 saturated carbocycles. The largest absolute Gasteiger partial charge is 0.434 e. The van der Waals surface area contributed by atoms with E-state index in [1.807, 2.05) is 0 Å². The fraction of sp³-hybridized carbons (Fsp3) is 0.438. The summed E-state index contributed by atoms with van der Waals surface area (Å²) in [5.74, 6) is 1.11. The Hall–Kier alpha value is -2.07. The van der Waals surface area contributed by atoms with Crippen LogP contribution in [0.15, 0.2) is 34.4 Å². The van der Waals surface area contributed by atoms with E-state index in [1.165, 1.54) is 12.1 Å². The van der Waals surface area contributed by atoms with Crippen molar-refractivity contribution in [1.82, 2.24) is 15.0 Å². The van der Waals surface area contributed by atoms with E-state index in [0.29, 0.717) is 18.3 Å². The molecule has 4 N–H and O–H groups in total. The van der Waals surface area contributed by atoms with E-state index in [1.54, 1.807) is 6.20 Å². The lowest BCUT2D eigenvalue weighted by molar-refractivity contribution is -0.143. The number of rotatable bonds is 4. The number of halogens is 3. The molecule has 0 aliphatic carbocycles. The molecule has 3 rings (SSSR count). The van der Waals surface area contributed by atoms with Crippen molar-refractivity contribution in [3.05, 3.63) is 30.2 Å². The van der Waals surface area contributed by atoms with Crippen molar-refractivity contribution in [3.63, 3.8) is 0 Å². The Morgan fingerprint density at radius 1 is 1.31 bits per heavy atom. The minimum absolute atomic E-state index is 0.0603. The van der Waals surface area contributed by atoms with Crippen LogP contribution in [0.1, 0.15) is 18.5 Å². The van der Waals surface area contributed by atoms with E-state index in [9.17, 15) is 13.2 Å². The van der Waals surface area contributed by atoms with Crippen LogP contribution in [0.25, 0.3) is 0 Å². The number of aromatic nitrogens is 3. The molecule has 2 aromatic heterocycles. The van der Waals surface area contributed by atoms with Gasteiger partial charge >= 0.3 is 6.18 Å². The summed E-state index contributed by atoms with van der Waals surface area (Å²) in [5.41, 5.74) is 10.7. The molecule has 0 bridgehead atoms.